The van der Waals surface area contributed by atoms with E-state index in [0.717, 1.165) is 11.1 Å². The van der Waals surface area contributed by atoms with Gasteiger partial charge in [-0.05, 0) is 81.6 Å². The number of rotatable bonds is 14. The third-order valence-electron chi connectivity index (χ3n) is 9.05. The van der Waals surface area contributed by atoms with Gasteiger partial charge in [-0.2, -0.15) is 0 Å². The van der Waals surface area contributed by atoms with Crippen LogP contribution in [0.4, 0.5) is 0 Å². The quantitative estimate of drug-likeness (QED) is 0.117. The maximum Gasteiger partial charge on any atom is 0.115 e. The van der Waals surface area contributed by atoms with Crippen molar-refractivity contribution in [3.05, 3.63) is 118 Å². The Bertz CT molecular complexity index is 1420. The Labute approximate surface area is 258 Å². The summed E-state index contributed by atoms with van der Waals surface area (Å²) in [6.07, 6.45) is 21.1. The van der Waals surface area contributed by atoms with Gasteiger partial charge in [0.15, 0.2) is 0 Å². The van der Waals surface area contributed by atoms with Crippen molar-refractivity contribution in [1.29, 1.82) is 0 Å². The number of phenols is 2. The van der Waals surface area contributed by atoms with Crippen LogP contribution >= 0.6 is 0 Å². The number of phenolic OH excluding ortho intramolecular Hbond substituents is 2. The van der Waals surface area contributed by atoms with Crippen LogP contribution in [0.25, 0.3) is 35.4 Å². The molecule has 0 aliphatic heterocycles. The highest BCUT2D eigenvalue weighted by Crippen LogP contribution is 2.55. The van der Waals surface area contributed by atoms with Crippen molar-refractivity contribution in [3.8, 4) is 22.6 Å². The van der Waals surface area contributed by atoms with E-state index in [4.69, 9.17) is 0 Å². The number of hydrogen-bond acceptors (Lipinski definition) is 2. The molecule has 43 heavy (non-hydrogen) atoms. The first kappa shape index (κ1) is 30.4. The first-order chi connectivity index (χ1) is 21.0. The summed E-state index contributed by atoms with van der Waals surface area (Å²) in [7, 11) is 0. The average molecular weight is 571 g/mol. The van der Waals surface area contributed by atoms with Crippen LogP contribution in [-0.4, -0.2) is 10.2 Å². The number of unbranched alkanes of at least 4 members (excludes halogenated alkanes) is 6. The number of benzene rings is 4. The lowest BCUT2D eigenvalue weighted by molar-refractivity contribution is 0.401. The van der Waals surface area contributed by atoms with Crippen molar-refractivity contribution < 1.29 is 10.2 Å². The Morgan fingerprint density at radius 2 is 0.837 bits per heavy atom. The summed E-state index contributed by atoms with van der Waals surface area (Å²) in [5, 5.41) is 19.4. The van der Waals surface area contributed by atoms with Gasteiger partial charge in [-0.15, -0.1) is 0 Å². The third-order valence-corrected chi connectivity index (χ3v) is 9.05. The van der Waals surface area contributed by atoms with Gasteiger partial charge >= 0.3 is 0 Å². The van der Waals surface area contributed by atoms with Gasteiger partial charge in [0.05, 0.1) is 0 Å². The molecule has 0 saturated carbocycles. The maximum atomic E-state index is 9.68. The molecule has 4 aromatic carbocycles. The van der Waals surface area contributed by atoms with E-state index in [9.17, 15) is 10.2 Å². The summed E-state index contributed by atoms with van der Waals surface area (Å²) in [5.74, 6) is 0.585. The van der Waals surface area contributed by atoms with E-state index in [-0.39, 0.29) is 5.41 Å². The minimum absolute atomic E-state index is 0.0108. The Kier molecular flexibility index (Phi) is 10.2. The Morgan fingerprint density at radius 1 is 0.465 bits per heavy atom. The van der Waals surface area contributed by atoms with Gasteiger partial charge in [0.25, 0.3) is 0 Å². The van der Waals surface area contributed by atoms with Gasteiger partial charge in [-0.3, -0.25) is 0 Å². The molecule has 1 aliphatic rings. The Hall–Kier alpha value is -4.04. The lowest BCUT2D eigenvalue weighted by Crippen LogP contribution is -2.25. The van der Waals surface area contributed by atoms with E-state index >= 15 is 0 Å². The van der Waals surface area contributed by atoms with Crippen LogP contribution in [0.5, 0.6) is 11.5 Å². The summed E-state index contributed by atoms with van der Waals surface area (Å²) in [5.41, 5.74) is 10.4. The van der Waals surface area contributed by atoms with E-state index in [1.807, 2.05) is 24.3 Å². The van der Waals surface area contributed by atoms with Gasteiger partial charge in [0.1, 0.15) is 11.5 Å². The number of hydrogen-bond donors (Lipinski definition) is 2. The van der Waals surface area contributed by atoms with E-state index < -0.39 is 0 Å². The molecule has 0 atom stereocenters. The van der Waals surface area contributed by atoms with E-state index in [2.05, 4.69) is 74.5 Å². The lowest BCUT2D eigenvalue weighted by atomic mass is 9.70. The van der Waals surface area contributed by atoms with Crippen molar-refractivity contribution in [3.63, 3.8) is 0 Å². The Morgan fingerprint density at radius 3 is 1.23 bits per heavy atom. The topological polar surface area (TPSA) is 40.5 Å². The molecule has 2 nitrogen and oxygen atoms in total. The highest BCUT2D eigenvalue weighted by molar-refractivity contribution is 5.85. The highest BCUT2D eigenvalue weighted by atomic mass is 16.3. The predicted octanol–water partition coefficient (Wildman–Crippen LogP) is 11.6. The first-order valence-corrected chi connectivity index (χ1v) is 16.3. The second kappa shape index (κ2) is 14.4. The van der Waals surface area contributed by atoms with Crippen LogP contribution in [0.1, 0.15) is 111 Å². The molecule has 0 amide bonds. The van der Waals surface area contributed by atoms with Crippen LogP contribution in [0.3, 0.4) is 0 Å². The summed E-state index contributed by atoms with van der Waals surface area (Å²) in [6, 6.07) is 28.9. The van der Waals surface area contributed by atoms with Gasteiger partial charge in [-0.25, -0.2) is 0 Å². The van der Waals surface area contributed by atoms with Gasteiger partial charge < -0.3 is 10.2 Å². The van der Waals surface area contributed by atoms with Gasteiger partial charge in [-0.1, -0.05) is 150 Å². The fourth-order valence-corrected chi connectivity index (χ4v) is 6.66. The maximum absolute atomic E-state index is 9.68. The van der Waals surface area contributed by atoms with E-state index in [1.165, 1.54) is 97.6 Å². The van der Waals surface area contributed by atoms with Gasteiger partial charge in [0, 0.05) is 5.41 Å². The van der Waals surface area contributed by atoms with Crippen molar-refractivity contribution >= 4 is 24.3 Å². The molecule has 0 radical (unpaired) electrons. The van der Waals surface area contributed by atoms with E-state index in [1.54, 1.807) is 24.3 Å². The minimum Gasteiger partial charge on any atom is -0.508 e. The third kappa shape index (κ3) is 7.31. The molecule has 0 unspecified atom stereocenters. The minimum atomic E-state index is 0.0108. The molecule has 5 rings (SSSR count). The molecule has 0 heterocycles. The molecular weight excluding hydrogens is 524 g/mol. The number of fused-ring (bicyclic) bond motifs is 3. The van der Waals surface area contributed by atoms with Crippen molar-refractivity contribution in [2.75, 3.05) is 0 Å². The molecule has 1 aliphatic carbocycles. The Balaban J connectivity index is 1.55. The largest absolute Gasteiger partial charge is 0.508 e. The lowest BCUT2D eigenvalue weighted by Gasteiger charge is -2.33. The average Bonchev–Trinajstić information content (AvgIpc) is 3.29. The standard InChI is InChI=1S/C41H46O2/c1-3-5-7-9-27-41(28-10-8-6-4-2)39-29-33(13-11-31-15-21-35(42)22-16-31)19-25-37(39)38-26-20-34(30-40(38)41)14-12-32-17-23-36(43)24-18-32/h11-26,29-30,42-43H,3-10,27-28H2,1-2H3/b13-11+,14-12+. The van der Waals surface area contributed by atoms with E-state index in [0.29, 0.717) is 11.5 Å². The molecule has 2 N–H and O–H groups in total. The van der Waals surface area contributed by atoms with Crippen LogP contribution in [0.2, 0.25) is 0 Å². The fraction of sp³-hybridized carbons (Fsp3) is 0.317. The van der Waals surface area contributed by atoms with Gasteiger partial charge in [0.2, 0.25) is 0 Å². The molecular formula is C41H46O2. The molecule has 4 aromatic rings. The first-order valence-electron chi connectivity index (χ1n) is 16.3. The summed E-state index contributed by atoms with van der Waals surface area (Å²) in [6.45, 7) is 4.58. The van der Waals surface area contributed by atoms with Crippen molar-refractivity contribution in [2.45, 2.75) is 83.5 Å². The molecule has 0 fully saturated rings. The molecule has 0 spiro atoms. The SMILES string of the molecule is CCCCCCC1(CCCCCC)c2cc(/C=C/c3ccc(O)cc3)ccc2-c2ccc(/C=C/c3ccc(O)cc3)cc21. The van der Waals surface area contributed by atoms with Crippen molar-refractivity contribution in [1.82, 2.24) is 0 Å². The highest BCUT2D eigenvalue weighted by Gasteiger charge is 2.42. The fourth-order valence-electron chi connectivity index (χ4n) is 6.66. The van der Waals surface area contributed by atoms with Crippen molar-refractivity contribution in [2.24, 2.45) is 0 Å². The zero-order valence-electron chi connectivity index (χ0n) is 25.9. The zero-order chi connectivity index (χ0) is 30.1. The zero-order valence-corrected chi connectivity index (χ0v) is 25.9. The van der Waals surface area contributed by atoms with Crippen LogP contribution in [0.15, 0.2) is 84.9 Å². The normalized spacial score (nSPS) is 13.5. The number of aromatic hydroxyl groups is 2. The molecule has 0 aromatic heterocycles. The molecule has 2 heteroatoms. The smallest absolute Gasteiger partial charge is 0.115 e. The monoisotopic (exact) mass is 570 g/mol. The van der Waals surface area contributed by atoms with Crippen LogP contribution < -0.4 is 0 Å². The second-order valence-corrected chi connectivity index (χ2v) is 12.2. The molecule has 222 valence electrons. The molecule has 0 bridgehead atoms. The van der Waals surface area contributed by atoms with Crippen LogP contribution in [-0.2, 0) is 5.41 Å². The molecule has 0 saturated heterocycles. The van der Waals surface area contributed by atoms with Crippen LogP contribution in [0, 0.1) is 0 Å². The predicted molar refractivity (Wildman–Crippen MR) is 184 cm³/mol. The summed E-state index contributed by atoms with van der Waals surface area (Å²) >= 11 is 0. The summed E-state index contributed by atoms with van der Waals surface area (Å²) < 4.78 is 0. The second-order valence-electron chi connectivity index (χ2n) is 12.2. The summed E-state index contributed by atoms with van der Waals surface area (Å²) in [4.78, 5) is 0.